The minimum atomic E-state index is -0.361. The van der Waals surface area contributed by atoms with Gasteiger partial charge in [0, 0.05) is 10.5 Å². The molecule has 1 N–H and O–H groups in total. The summed E-state index contributed by atoms with van der Waals surface area (Å²) in [6.45, 7) is 0. The van der Waals surface area contributed by atoms with Crippen LogP contribution in [0.25, 0.3) is 0 Å². The van der Waals surface area contributed by atoms with Crippen LogP contribution in [0.1, 0.15) is 38.5 Å². The number of nitrogens with zero attached hydrogens (tertiary/aromatic N) is 1. The van der Waals surface area contributed by atoms with Crippen LogP contribution in [0.3, 0.4) is 0 Å². The van der Waals surface area contributed by atoms with Gasteiger partial charge in [-0.05, 0) is 31.0 Å². The smallest absolute Gasteiger partial charge is 0.251 e. The van der Waals surface area contributed by atoms with E-state index in [1.165, 1.54) is 24.2 Å². The van der Waals surface area contributed by atoms with E-state index in [0.29, 0.717) is 11.7 Å². The molecule has 1 heterocycles. The number of imide groups is 1. The fraction of sp³-hybridized carbons (Fsp3) is 0.500. The number of amides is 2. The highest BCUT2D eigenvalue weighted by molar-refractivity contribution is 9.10. The van der Waals surface area contributed by atoms with Crippen molar-refractivity contribution < 1.29 is 9.59 Å². The van der Waals surface area contributed by atoms with E-state index in [9.17, 15) is 9.59 Å². The largest absolute Gasteiger partial charge is 0.303 e. The first-order valence-electron chi connectivity index (χ1n) is 7.53. The lowest BCUT2D eigenvalue weighted by molar-refractivity contribution is -0.121. The summed E-state index contributed by atoms with van der Waals surface area (Å²) in [7, 11) is 0. The maximum atomic E-state index is 12.5. The van der Waals surface area contributed by atoms with Crippen LogP contribution in [0.15, 0.2) is 28.7 Å². The third kappa shape index (κ3) is 3.19. The second-order valence-corrected chi connectivity index (χ2v) is 6.72. The fourth-order valence-corrected chi connectivity index (χ4v) is 3.59. The summed E-state index contributed by atoms with van der Waals surface area (Å²) < 4.78 is 0.865. The van der Waals surface area contributed by atoms with Crippen LogP contribution in [0.5, 0.6) is 0 Å². The van der Waals surface area contributed by atoms with Gasteiger partial charge in [-0.15, -0.1) is 0 Å². The van der Waals surface area contributed by atoms with Gasteiger partial charge in [-0.3, -0.25) is 9.59 Å². The number of nitrogens with one attached hydrogen (secondary N) is 1. The van der Waals surface area contributed by atoms with E-state index in [1.54, 1.807) is 12.1 Å². The van der Waals surface area contributed by atoms with Crippen LogP contribution in [0, 0.1) is 0 Å². The first-order chi connectivity index (χ1) is 10.1. The van der Waals surface area contributed by atoms with E-state index in [4.69, 9.17) is 0 Å². The summed E-state index contributed by atoms with van der Waals surface area (Å²) in [4.78, 5) is 26.0. The van der Waals surface area contributed by atoms with Crippen molar-refractivity contribution in [1.29, 1.82) is 0 Å². The minimum Gasteiger partial charge on any atom is -0.303 e. The Bertz CT molecular complexity index is 555. The van der Waals surface area contributed by atoms with Crippen LogP contribution in [-0.4, -0.2) is 23.9 Å². The maximum Gasteiger partial charge on any atom is 0.251 e. The molecule has 0 bridgehead atoms. The van der Waals surface area contributed by atoms with Crippen molar-refractivity contribution in [3.63, 3.8) is 0 Å². The van der Waals surface area contributed by atoms with Crippen molar-refractivity contribution in [3.05, 3.63) is 28.7 Å². The van der Waals surface area contributed by atoms with Crippen LogP contribution in [0.2, 0.25) is 0 Å². The number of anilines is 1. The summed E-state index contributed by atoms with van der Waals surface area (Å²) in [5.41, 5.74) is 0.646. The Kier molecular flexibility index (Phi) is 4.40. The third-order valence-electron chi connectivity index (χ3n) is 4.26. The first-order valence-corrected chi connectivity index (χ1v) is 8.33. The van der Waals surface area contributed by atoms with Crippen molar-refractivity contribution in [2.45, 2.75) is 50.6 Å². The summed E-state index contributed by atoms with van der Waals surface area (Å²) in [5, 5.41) is 3.39. The SMILES string of the molecule is O=C1C[C@H](NC2CCCCC2)C(=O)N1c1cccc(Br)c1. The van der Waals surface area contributed by atoms with Crippen LogP contribution in [0.4, 0.5) is 5.69 Å². The molecule has 21 heavy (non-hydrogen) atoms. The normalized spacial score (nSPS) is 23.9. The Morgan fingerprint density at radius 3 is 2.62 bits per heavy atom. The molecule has 2 aliphatic rings. The summed E-state index contributed by atoms with van der Waals surface area (Å²) in [6, 6.07) is 7.33. The lowest BCUT2D eigenvalue weighted by Gasteiger charge is -2.25. The monoisotopic (exact) mass is 350 g/mol. The molecule has 2 amide bonds. The first kappa shape index (κ1) is 14.7. The van der Waals surface area contributed by atoms with E-state index < -0.39 is 0 Å². The molecule has 0 radical (unpaired) electrons. The molecular formula is C16H19BrN2O2. The van der Waals surface area contributed by atoms with Crippen molar-refractivity contribution in [2.24, 2.45) is 0 Å². The van der Waals surface area contributed by atoms with Gasteiger partial charge in [0.05, 0.1) is 18.2 Å². The molecule has 4 nitrogen and oxygen atoms in total. The molecule has 5 heteroatoms. The molecule has 1 aromatic carbocycles. The average Bonchev–Trinajstić information content (AvgIpc) is 2.74. The topological polar surface area (TPSA) is 49.4 Å². The molecule has 1 aromatic rings. The number of hydrogen-bond donors (Lipinski definition) is 1. The van der Waals surface area contributed by atoms with Crippen molar-refractivity contribution in [1.82, 2.24) is 5.32 Å². The molecule has 0 aromatic heterocycles. The van der Waals surface area contributed by atoms with Crippen molar-refractivity contribution in [2.75, 3.05) is 4.90 Å². The van der Waals surface area contributed by atoms with Gasteiger partial charge in [-0.25, -0.2) is 4.90 Å². The Balaban J connectivity index is 1.72. The molecule has 1 atom stereocenters. The second-order valence-electron chi connectivity index (χ2n) is 5.81. The molecule has 1 aliphatic heterocycles. The predicted octanol–water partition coefficient (Wildman–Crippen LogP) is 3.00. The lowest BCUT2D eigenvalue weighted by Crippen LogP contribution is -2.44. The summed E-state index contributed by atoms with van der Waals surface area (Å²) in [6.07, 6.45) is 6.18. The molecule has 0 unspecified atom stereocenters. The van der Waals surface area contributed by atoms with Crippen molar-refractivity contribution in [3.8, 4) is 0 Å². The summed E-state index contributed by atoms with van der Waals surface area (Å²) in [5.74, 6) is -0.241. The standard InChI is InChI=1S/C16H19BrN2O2/c17-11-5-4-8-13(9-11)19-15(20)10-14(16(19)21)18-12-6-2-1-3-7-12/h4-5,8-9,12,14,18H,1-3,6-7,10H2/t14-/m0/s1. The van der Waals surface area contributed by atoms with Gasteiger partial charge in [0.1, 0.15) is 0 Å². The van der Waals surface area contributed by atoms with Gasteiger partial charge in [0.15, 0.2) is 0 Å². The molecule has 1 aliphatic carbocycles. The van der Waals surface area contributed by atoms with E-state index in [1.807, 2.05) is 12.1 Å². The number of rotatable bonds is 3. The molecular weight excluding hydrogens is 332 g/mol. The van der Waals surface area contributed by atoms with Gasteiger partial charge < -0.3 is 5.32 Å². The van der Waals surface area contributed by atoms with Crippen LogP contribution < -0.4 is 10.2 Å². The number of benzene rings is 1. The third-order valence-corrected chi connectivity index (χ3v) is 4.75. The Labute approximate surface area is 133 Å². The highest BCUT2D eigenvalue weighted by atomic mass is 79.9. The van der Waals surface area contributed by atoms with E-state index in [2.05, 4.69) is 21.2 Å². The predicted molar refractivity (Wildman–Crippen MR) is 85.0 cm³/mol. The van der Waals surface area contributed by atoms with Gasteiger partial charge in [0.25, 0.3) is 5.91 Å². The van der Waals surface area contributed by atoms with Gasteiger partial charge >= 0.3 is 0 Å². The average molecular weight is 351 g/mol. The second kappa shape index (κ2) is 6.28. The van der Waals surface area contributed by atoms with Gasteiger partial charge in [0.2, 0.25) is 5.91 Å². The minimum absolute atomic E-state index is 0.119. The van der Waals surface area contributed by atoms with Gasteiger partial charge in [-0.1, -0.05) is 41.3 Å². The highest BCUT2D eigenvalue weighted by Crippen LogP contribution is 2.27. The number of hydrogen-bond acceptors (Lipinski definition) is 3. The zero-order valence-electron chi connectivity index (χ0n) is 11.8. The maximum absolute atomic E-state index is 12.5. The fourth-order valence-electron chi connectivity index (χ4n) is 3.20. The molecule has 0 spiro atoms. The van der Waals surface area contributed by atoms with E-state index in [-0.39, 0.29) is 24.3 Å². The number of carbonyl (C=O) groups excluding carboxylic acids is 2. The lowest BCUT2D eigenvalue weighted by atomic mass is 9.95. The highest BCUT2D eigenvalue weighted by Gasteiger charge is 2.40. The molecule has 1 saturated carbocycles. The number of carbonyl (C=O) groups is 2. The van der Waals surface area contributed by atoms with E-state index >= 15 is 0 Å². The van der Waals surface area contributed by atoms with Crippen molar-refractivity contribution >= 4 is 33.4 Å². The molecule has 112 valence electrons. The Morgan fingerprint density at radius 2 is 1.90 bits per heavy atom. The zero-order chi connectivity index (χ0) is 14.8. The Morgan fingerprint density at radius 1 is 1.14 bits per heavy atom. The quantitative estimate of drug-likeness (QED) is 0.852. The van der Waals surface area contributed by atoms with E-state index in [0.717, 1.165) is 17.3 Å². The summed E-state index contributed by atoms with van der Waals surface area (Å²) >= 11 is 3.38. The zero-order valence-corrected chi connectivity index (χ0v) is 13.4. The van der Waals surface area contributed by atoms with Gasteiger partial charge in [-0.2, -0.15) is 0 Å². The molecule has 1 saturated heterocycles. The van der Waals surface area contributed by atoms with Crippen LogP contribution >= 0.6 is 15.9 Å². The van der Waals surface area contributed by atoms with Crippen LogP contribution in [-0.2, 0) is 9.59 Å². The number of halogens is 1. The molecule has 2 fully saturated rings. The molecule has 3 rings (SSSR count). The Hall–Kier alpha value is -1.20.